The van der Waals surface area contributed by atoms with E-state index in [4.69, 9.17) is 4.74 Å². The molecule has 0 radical (unpaired) electrons. The number of urea groups is 1. The summed E-state index contributed by atoms with van der Waals surface area (Å²) in [5, 5.41) is 17.0. The van der Waals surface area contributed by atoms with Gasteiger partial charge >= 0.3 is 6.03 Å². The zero-order chi connectivity index (χ0) is 16.4. The largest absolute Gasteiger partial charge is 0.491 e. The molecule has 0 saturated heterocycles. The van der Waals surface area contributed by atoms with Crippen molar-refractivity contribution < 1.29 is 9.53 Å². The van der Waals surface area contributed by atoms with Gasteiger partial charge in [-0.2, -0.15) is 0 Å². The summed E-state index contributed by atoms with van der Waals surface area (Å²) in [6, 6.07) is 5.38. The predicted molar refractivity (Wildman–Crippen MR) is 83.0 cm³/mol. The first kappa shape index (κ1) is 15.3. The van der Waals surface area contributed by atoms with E-state index in [-0.39, 0.29) is 18.1 Å². The van der Waals surface area contributed by atoms with Crippen molar-refractivity contribution in [1.29, 1.82) is 0 Å². The molecule has 2 unspecified atom stereocenters. The Balaban J connectivity index is 1.59. The zero-order valence-electron chi connectivity index (χ0n) is 13.4. The Labute approximate surface area is 134 Å². The summed E-state index contributed by atoms with van der Waals surface area (Å²) in [5.74, 6) is 1.50. The zero-order valence-corrected chi connectivity index (χ0v) is 13.4. The maximum Gasteiger partial charge on any atom is 0.315 e. The van der Waals surface area contributed by atoms with Gasteiger partial charge < -0.3 is 15.4 Å². The fraction of sp³-hybridized carbons (Fsp3) is 0.467. The smallest absolute Gasteiger partial charge is 0.315 e. The Morgan fingerprint density at radius 2 is 2.30 bits per heavy atom. The van der Waals surface area contributed by atoms with E-state index >= 15 is 0 Å². The van der Waals surface area contributed by atoms with Crippen molar-refractivity contribution in [1.82, 2.24) is 30.8 Å². The minimum Gasteiger partial charge on any atom is -0.491 e. The van der Waals surface area contributed by atoms with Gasteiger partial charge in [-0.15, -0.1) is 5.10 Å². The van der Waals surface area contributed by atoms with Crippen LogP contribution in [0.5, 0.6) is 5.75 Å². The van der Waals surface area contributed by atoms with Gasteiger partial charge in [0.05, 0.1) is 12.1 Å². The number of amides is 2. The maximum atomic E-state index is 12.2. The molecule has 2 heterocycles. The highest BCUT2D eigenvalue weighted by Gasteiger charge is 2.23. The lowest BCUT2D eigenvalue weighted by Gasteiger charge is -2.27. The normalized spacial score (nSPS) is 17.8. The summed E-state index contributed by atoms with van der Waals surface area (Å²) in [6.45, 7) is 4.35. The number of hydrogen-bond donors (Lipinski definition) is 2. The number of carbonyl (C=O) groups is 1. The van der Waals surface area contributed by atoms with Crippen LogP contribution in [0.3, 0.4) is 0 Å². The molecule has 0 bridgehead atoms. The summed E-state index contributed by atoms with van der Waals surface area (Å²) in [5.41, 5.74) is 2.32. The molecule has 3 rings (SSSR count). The fourth-order valence-corrected chi connectivity index (χ4v) is 2.75. The van der Waals surface area contributed by atoms with Crippen LogP contribution in [0.25, 0.3) is 0 Å². The summed E-state index contributed by atoms with van der Waals surface area (Å²) in [7, 11) is 1.74. The van der Waals surface area contributed by atoms with E-state index in [1.807, 2.05) is 32.0 Å². The molecule has 2 aromatic rings. The lowest BCUT2D eigenvalue weighted by atomic mass is 9.98. The molecule has 0 saturated carbocycles. The molecule has 1 aliphatic rings. The maximum absolute atomic E-state index is 12.2. The minimum absolute atomic E-state index is 0.0616. The molecule has 1 aliphatic heterocycles. The van der Waals surface area contributed by atoms with Crippen LogP contribution in [0.4, 0.5) is 4.79 Å². The van der Waals surface area contributed by atoms with Crippen LogP contribution in [0, 0.1) is 6.92 Å². The van der Waals surface area contributed by atoms with Crippen LogP contribution >= 0.6 is 0 Å². The Bertz CT molecular complexity index is 714. The number of carbonyl (C=O) groups excluding carboxylic acids is 1. The van der Waals surface area contributed by atoms with Gasteiger partial charge in [-0.25, -0.2) is 9.48 Å². The molecule has 2 atom stereocenters. The summed E-state index contributed by atoms with van der Waals surface area (Å²) in [6.07, 6.45) is 0.759. The van der Waals surface area contributed by atoms with Gasteiger partial charge in [-0.1, -0.05) is 12.1 Å². The van der Waals surface area contributed by atoms with Gasteiger partial charge in [0.15, 0.2) is 5.82 Å². The van der Waals surface area contributed by atoms with E-state index in [0.717, 1.165) is 17.7 Å². The van der Waals surface area contributed by atoms with Crippen molar-refractivity contribution in [2.75, 3.05) is 6.61 Å². The van der Waals surface area contributed by atoms with Gasteiger partial charge in [-0.3, -0.25) is 0 Å². The number of aryl methyl sites for hydroxylation is 2. The Hall–Kier alpha value is -2.64. The van der Waals surface area contributed by atoms with Crippen molar-refractivity contribution in [2.45, 2.75) is 32.4 Å². The van der Waals surface area contributed by atoms with Crippen molar-refractivity contribution in [3.63, 3.8) is 0 Å². The topological polar surface area (TPSA) is 94.0 Å². The first-order valence-electron chi connectivity index (χ1n) is 7.55. The molecule has 2 N–H and O–H groups in total. The van der Waals surface area contributed by atoms with Crippen LogP contribution in [0.1, 0.15) is 29.9 Å². The van der Waals surface area contributed by atoms with Gasteiger partial charge in [0.25, 0.3) is 0 Å². The molecule has 8 heteroatoms. The van der Waals surface area contributed by atoms with E-state index in [2.05, 4.69) is 26.2 Å². The molecule has 1 aromatic heterocycles. The number of tetrazole rings is 1. The first-order chi connectivity index (χ1) is 11.0. The third kappa shape index (κ3) is 3.25. The Morgan fingerprint density at radius 1 is 1.48 bits per heavy atom. The second kappa shape index (κ2) is 6.23. The number of rotatable bonds is 3. The number of fused-ring (bicyclic) bond motifs is 1. The van der Waals surface area contributed by atoms with Crippen molar-refractivity contribution in [2.24, 2.45) is 7.05 Å². The average molecular weight is 316 g/mol. The number of ether oxygens (including phenoxy) is 1. The standard InChI is InChI=1S/C15H20N6O2/c1-9-5-4-6-13-12(9)7-11(8-23-13)17-15(22)16-10(2)14-18-19-20-21(14)3/h4-6,10-11H,7-8H2,1-3H3,(H2,16,17,22). The second-order valence-electron chi connectivity index (χ2n) is 5.76. The molecular weight excluding hydrogens is 296 g/mol. The molecule has 2 amide bonds. The predicted octanol–water partition coefficient (Wildman–Crippen LogP) is 0.882. The van der Waals surface area contributed by atoms with Gasteiger partial charge in [0, 0.05) is 7.05 Å². The molecule has 122 valence electrons. The summed E-state index contributed by atoms with van der Waals surface area (Å²) in [4.78, 5) is 12.2. The highest BCUT2D eigenvalue weighted by Crippen LogP contribution is 2.27. The van der Waals surface area contributed by atoms with E-state index in [1.165, 1.54) is 10.2 Å². The van der Waals surface area contributed by atoms with Gasteiger partial charge in [0.1, 0.15) is 12.4 Å². The van der Waals surface area contributed by atoms with Crippen LogP contribution in [0.15, 0.2) is 18.2 Å². The highest BCUT2D eigenvalue weighted by atomic mass is 16.5. The number of benzene rings is 1. The number of nitrogens with zero attached hydrogens (tertiary/aromatic N) is 4. The van der Waals surface area contributed by atoms with Crippen LogP contribution in [0.2, 0.25) is 0 Å². The fourth-order valence-electron chi connectivity index (χ4n) is 2.75. The summed E-state index contributed by atoms with van der Waals surface area (Å²) >= 11 is 0. The molecular formula is C15H20N6O2. The third-order valence-electron chi connectivity index (χ3n) is 3.98. The van der Waals surface area contributed by atoms with E-state index in [9.17, 15) is 4.79 Å². The van der Waals surface area contributed by atoms with Crippen molar-refractivity contribution in [3.8, 4) is 5.75 Å². The van der Waals surface area contributed by atoms with Gasteiger partial charge in [0.2, 0.25) is 0 Å². The van der Waals surface area contributed by atoms with Crippen LogP contribution < -0.4 is 15.4 Å². The quantitative estimate of drug-likeness (QED) is 0.877. The Kier molecular flexibility index (Phi) is 4.14. The first-order valence-corrected chi connectivity index (χ1v) is 7.55. The second-order valence-corrected chi connectivity index (χ2v) is 5.76. The molecule has 0 spiro atoms. The lowest BCUT2D eigenvalue weighted by Crippen LogP contribution is -2.48. The molecule has 0 aliphatic carbocycles. The average Bonchev–Trinajstić information content (AvgIpc) is 2.94. The third-order valence-corrected chi connectivity index (χ3v) is 3.98. The summed E-state index contributed by atoms with van der Waals surface area (Å²) < 4.78 is 7.27. The van der Waals surface area contributed by atoms with E-state index in [1.54, 1.807) is 7.05 Å². The van der Waals surface area contributed by atoms with Crippen LogP contribution in [-0.2, 0) is 13.5 Å². The molecule has 0 fully saturated rings. The highest BCUT2D eigenvalue weighted by molar-refractivity contribution is 5.74. The number of aromatic nitrogens is 4. The number of nitrogens with one attached hydrogen (secondary N) is 2. The van der Waals surface area contributed by atoms with E-state index in [0.29, 0.717) is 12.4 Å². The lowest BCUT2D eigenvalue weighted by molar-refractivity contribution is 0.211. The molecule has 8 nitrogen and oxygen atoms in total. The number of hydrogen-bond acceptors (Lipinski definition) is 5. The van der Waals surface area contributed by atoms with E-state index < -0.39 is 0 Å². The molecule has 23 heavy (non-hydrogen) atoms. The monoisotopic (exact) mass is 316 g/mol. The van der Waals surface area contributed by atoms with Gasteiger partial charge in [-0.05, 0) is 47.9 Å². The van der Waals surface area contributed by atoms with Crippen LogP contribution in [-0.4, -0.2) is 38.9 Å². The SMILES string of the molecule is Cc1cccc2c1CC(NC(=O)NC(C)c1nnnn1C)CO2. The van der Waals surface area contributed by atoms with Crippen molar-refractivity contribution >= 4 is 6.03 Å². The Morgan fingerprint density at radius 3 is 3.04 bits per heavy atom. The molecule has 1 aromatic carbocycles. The minimum atomic E-state index is -0.284. The van der Waals surface area contributed by atoms with Crippen molar-refractivity contribution in [3.05, 3.63) is 35.2 Å².